The second kappa shape index (κ2) is 9.55. The van der Waals surface area contributed by atoms with E-state index in [2.05, 4.69) is 26.5 Å². The molecule has 5 nitrogen and oxygen atoms in total. The van der Waals surface area contributed by atoms with Gasteiger partial charge in [0.1, 0.15) is 6.29 Å². The number of unbranched alkanes of at least 4 members (excludes halogenated alkanes) is 1. The van der Waals surface area contributed by atoms with E-state index in [1.165, 1.54) is 12.8 Å². The van der Waals surface area contributed by atoms with Crippen LogP contribution in [0.25, 0.3) is 0 Å². The largest absolute Gasteiger partial charge is 1.00 e. The number of carbonyl (C=O) groups excluding carboxylic acids is 1. The van der Waals surface area contributed by atoms with Gasteiger partial charge in [-0.2, -0.15) is 6.42 Å². The zero-order valence-corrected chi connectivity index (χ0v) is 18.1. The summed E-state index contributed by atoms with van der Waals surface area (Å²) in [6.45, 7) is 12.5. The van der Waals surface area contributed by atoms with Crippen molar-refractivity contribution in [2.45, 2.75) is 57.0 Å². The van der Waals surface area contributed by atoms with Crippen molar-refractivity contribution >= 4 is 6.29 Å². The van der Waals surface area contributed by atoms with Crippen LogP contribution in [0.4, 0.5) is 0 Å². The molecule has 6 atom stereocenters. The molecular formula is C23H35LiO5. The molecule has 6 aliphatic rings. The number of carbonyl (C=O) groups is 1. The number of allylic oxidation sites excluding steroid dienone is 1. The van der Waals surface area contributed by atoms with Crippen LogP contribution in [0.5, 0.6) is 0 Å². The SMILES string of the molecule is C=C[C@@H]1[C@H]2CCC3(OCCO3)[C@@H]12.O=C[C@@H]1[C@H]2CCC3(OCCO3)[C@@H]12.[CH2-]CCC.[Li+]. The monoisotopic (exact) mass is 398 g/mol. The number of hydrogen-bond donors (Lipinski definition) is 0. The Morgan fingerprint density at radius 2 is 1.34 bits per heavy atom. The van der Waals surface area contributed by atoms with Crippen LogP contribution < -0.4 is 18.9 Å². The summed E-state index contributed by atoms with van der Waals surface area (Å²) in [7, 11) is 0. The molecule has 0 aromatic rings. The number of rotatable bonds is 3. The average molecular weight is 398 g/mol. The number of hydrogen-bond acceptors (Lipinski definition) is 5. The van der Waals surface area contributed by atoms with Gasteiger partial charge in [0.2, 0.25) is 0 Å². The molecule has 2 spiro atoms. The van der Waals surface area contributed by atoms with Crippen LogP contribution in [0.1, 0.15) is 45.4 Å². The Hall–Kier alpha value is -0.153. The molecule has 0 radical (unpaired) electrons. The van der Waals surface area contributed by atoms with Crippen molar-refractivity contribution in [3.63, 3.8) is 0 Å². The van der Waals surface area contributed by atoms with Crippen molar-refractivity contribution in [1.82, 2.24) is 0 Å². The minimum absolute atomic E-state index is 0. The second-order valence-corrected chi connectivity index (χ2v) is 8.85. The molecule has 0 aromatic heterocycles. The van der Waals surface area contributed by atoms with E-state index in [0.717, 1.165) is 51.1 Å². The zero-order valence-electron chi connectivity index (χ0n) is 18.1. The molecule has 2 aliphatic heterocycles. The van der Waals surface area contributed by atoms with Crippen molar-refractivity contribution < 1.29 is 42.6 Å². The molecular weight excluding hydrogens is 363 g/mol. The van der Waals surface area contributed by atoms with Gasteiger partial charge in [-0.1, -0.05) is 19.4 Å². The fraction of sp³-hybridized carbons (Fsp3) is 0.826. The van der Waals surface area contributed by atoms with Gasteiger partial charge in [-0.15, -0.1) is 6.58 Å². The average Bonchev–Trinajstić information content (AvgIpc) is 3.23. The van der Waals surface area contributed by atoms with E-state index in [4.69, 9.17) is 18.9 Å². The molecule has 6 heteroatoms. The molecule has 0 aromatic carbocycles. The molecule has 29 heavy (non-hydrogen) atoms. The molecule has 4 aliphatic carbocycles. The molecule has 6 fully saturated rings. The van der Waals surface area contributed by atoms with E-state index in [-0.39, 0.29) is 36.4 Å². The van der Waals surface area contributed by atoms with Crippen LogP contribution in [-0.2, 0) is 23.7 Å². The molecule has 0 amide bonds. The third-order valence-electron chi connectivity index (χ3n) is 7.46. The summed E-state index contributed by atoms with van der Waals surface area (Å²) in [5, 5.41) is 0. The van der Waals surface area contributed by atoms with Gasteiger partial charge < -0.3 is 30.7 Å². The van der Waals surface area contributed by atoms with E-state index in [1.54, 1.807) is 0 Å². The van der Waals surface area contributed by atoms with Gasteiger partial charge in [0.25, 0.3) is 0 Å². The number of fused-ring (bicyclic) bond motifs is 4. The normalized spacial score (nSPS) is 40.6. The maximum Gasteiger partial charge on any atom is 1.00 e. The summed E-state index contributed by atoms with van der Waals surface area (Å²) in [6, 6.07) is 0. The summed E-state index contributed by atoms with van der Waals surface area (Å²) in [6.07, 6.45) is 9.89. The predicted octanol–water partition coefficient (Wildman–Crippen LogP) is 0.780. The molecule has 0 bridgehead atoms. The van der Waals surface area contributed by atoms with Gasteiger partial charge in [0, 0.05) is 30.6 Å². The number of ether oxygens (including phenoxy) is 4. The minimum atomic E-state index is -0.337. The first-order valence-corrected chi connectivity index (χ1v) is 11.1. The summed E-state index contributed by atoms with van der Waals surface area (Å²) in [5.74, 6) is 2.81. The van der Waals surface area contributed by atoms with E-state index < -0.39 is 0 Å². The van der Waals surface area contributed by atoms with Crippen molar-refractivity contribution in [1.29, 1.82) is 0 Å². The van der Waals surface area contributed by atoms with Crippen molar-refractivity contribution in [3.05, 3.63) is 19.6 Å². The minimum Gasteiger partial charge on any atom is -0.347 e. The molecule has 2 saturated heterocycles. The van der Waals surface area contributed by atoms with Gasteiger partial charge in [0.15, 0.2) is 11.6 Å². The summed E-state index contributed by atoms with van der Waals surface area (Å²) in [4.78, 5) is 10.6. The molecule has 158 valence electrons. The topological polar surface area (TPSA) is 54.0 Å². The maximum absolute atomic E-state index is 10.6. The summed E-state index contributed by atoms with van der Waals surface area (Å²) in [5.41, 5.74) is 0. The van der Waals surface area contributed by atoms with Crippen molar-refractivity contribution in [2.24, 2.45) is 35.5 Å². The Morgan fingerprint density at radius 3 is 1.66 bits per heavy atom. The third kappa shape index (κ3) is 4.16. The second-order valence-electron chi connectivity index (χ2n) is 8.85. The van der Waals surface area contributed by atoms with Gasteiger partial charge in [0.05, 0.1) is 26.4 Å². The first-order chi connectivity index (χ1) is 13.7. The van der Waals surface area contributed by atoms with Gasteiger partial charge in [-0.3, -0.25) is 0 Å². The van der Waals surface area contributed by atoms with Crippen LogP contribution in [-0.4, -0.2) is 44.3 Å². The van der Waals surface area contributed by atoms with Gasteiger partial charge >= 0.3 is 18.9 Å². The van der Waals surface area contributed by atoms with Crippen LogP contribution in [0.15, 0.2) is 12.7 Å². The Bertz CT molecular complexity index is 509. The zero-order chi connectivity index (χ0) is 19.8. The van der Waals surface area contributed by atoms with Gasteiger partial charge in [-0.05, 0) is 30.6 Å². The third-order valence-corrected chi connectivity index (χ3v) is 7.46. The maximum atomic E-state index is 10.6. The van der Waals surface area contributed by atoms with Crippen LogP contribution in [0.2, 0.25) is 0 Å². The van der Waals surface area contributed by atoms with Gasteiger partial charge in [-0.25, -0.2) is 0 Å². The van der Waals surface area contributed by atoms with Crippen LogP contribution >= 0.6 is 0 Å². The summed E-state index contributed by atoms with van der Waals surface area (Å²) < 4.78 is 22.6. The molecule has 4 saturated carbocycles. The standard InChI is InChI=1S/C10H14O2.C9H12O3.C4H9.Li/c1-2-7-8-3-4-10(9(7)8)11-5-6-12-10;10-5-7-6-1-2-9(8(6)7)11-3-4-12-9;1-3-4-2;/h2,7-9H,1,3-6H2;5-8H,1-4H2;1,3-4H2,2H3;/q;;-1;+1/t7-,8-,9+;6-,7-,8-;;/m11../s1. The predicted molar refractivity (Wildman–Crippen MR) is 105 cm³/mol. The molecule has 6 rings (SSSR count). The Morgan fingerprint density at radius 1 is 0.931 bits per heavy atom. The van der Waals surface area contributed by atoms with E-state index >= 15 is 0 Å². The Labute approximate surface area is 187 Å². The van der Waals surface area contributed by atoms with Crippen molar-refractivity contribution in [3.8, 4) is 0 Å². The van der Waals surface area contributed by atoms with Crippen LogP contribution in [0.3, 0.4) is 0 Å². The Kier molecular flexibility index (Phi) is 7.74. The summed E-state index contributed by atoms with van der Waals surface area (Å²) >= 11 is 0. The first-order valence-electron chi connectivity index (χ1n) is 11.1. The fourth-order valence-corrected chi connectivity index (χ4v) is 5.97. The first kappa shape index (κ1) is 23.5. The quantitative estimate of drug-likeness (QED) is 0.304. The number of aldehydes is 1. The molecule has 2 heterocycles. The van der Waals surface area contributed by atoms with Crippen molar-refractivity contribution in [2.75, 3.05) is 26.4 Å². The Balaban J connectivity index is 0.000000137. The fourth-order valence-electron chi connectivity index (χ4n) is 5.97. The smallest absolute Gasteiger partial charge is 0.347 e. The van der Waals surface area contributed by atoms with E-state index in [1.807, 2.05) is 0 Å². The van der Waals surface area contributed by atoms with E-state index in [9.17, 15) is 4.79 Å². The van der Waals surface area contributed by atoms with E-state index in [0.29, 0.717) is 36.9 Å². The molecule has 0 N–H and O–H groups in total. The molecule has 0 unspecified atom stereocenters. The van der Waals surface area contributed by atoms with Crippen LogP contribution in [0, 0.1) is 42.4 Å².